The highest BCUT2D eigenvalue weighted by Gasteiger charge is 2.32. The molecule has 6 heteroatoms. The van der Waals surface area contributed by atoms with Gasteiger partial charge in [0.25, 0.3) is 0 Å². The second-order valence-corrected chi connectivity index (χ2v) is 7.84. The van der Waals surface area contributed by atoms with E-state index < -0.39 is 0 Å². The van der Waals surface area contributed by atoms with E-state index in [1.165, 1.54) is 22.3 Å². The Hall–Kier alpha value is -3.38. The Bertz CT molecular complexity index is 1080. The van der Waals surface area contributed by atoms with Crippen LogP contribution in [-0.2, 0) is 16.1 Å². The number of amides is 1. The van der Waals surface area contributed by atoms with E-state index in [4.69, 9.17) is 14.2 Å². The van der Waals surface area contributed by atoms with Crippen LogP contribution in [0.15, 0.2) is 60.7 Å². The molecule has 1 aliphatic heterocycles. The Labute approximate surface area is 181 Å². The molecule has 0 saturated heterocycles. The van der Waals surface area contributed by atoms with E-state index in [-0.39, 0.29) is 18.1 Å². The minimum atomic E-state index is -0.376. The van der Waals surface area contributed by atoms with Gasteiger partial charge in [0.1, 0.15) is 6.61 Å². The van der Waals surface area contributed by atoms with Crippen LogP contribution < -0.4 is 4.74 Å². The molecule has 2 aromatic carbocycles. The molecule has 0 bridgehead atoms. The summed E-state index contributed by atoms with van der Waals surface area (Å²) in [5, 5.41) is 0. The number of methoxy groups -OCH3 is 1. The van der Waals surface area contributed by atoms with E-state index in [1.54, 1.807) is 19.1 Å². The van der Waals surface area contributed by atoms with Crippen molar-refractivity contribution in [2.24, 2.45) is 0 Å². The van der Waals surface area contributed by atoms with Gasteiger partial charge in [0.2, 0.25) is 5.88 Å². The van der Waals surface area contributed by atoms with Crippen molar-refractivity contribution in [1.82, 2.24) is 9.88 Å². The molecule has 1 amide bonds. The van der Waals surface area contributed by atoms with Gasteiger partial charge in [0.15, 0.2) is 0 Å². The lowest BCUT2D eigenvalue weighted by Crippen LogP contribution is -2.37. The number of carbonyl (C=O) groups is 1. The van der Waals surface area contributed by atoms with E-state index in [1.807, 2.05) is 36.4 Å². The molecule has 1 aromatic heterocycles. The number of carbonyl (C=O) groups excluding carboxylic acids is 1. The Morgan fingerprint density at radius 1 is 1.03 bits per heavy atom. The van der Waals surface area contributed by atoms with Crippen LogP contribution in [-0.4, -0.2) is 43.3 Å². The molecule has 2 heterocycles. The summed E-state index contributed by atoms with van der Waals surface area (Å²) in [7, 11) is 3.32. The minimum Gasteiger partial charge on any atom is -0.481 e. The van der Waals surface area contributed by atoms with Crippen molar-refractivity contribution in [3.8, 4) is 17.0 Å². The second-order valence-electron chi connectivity index (χ2n) is 7.84. The lowest BCUT2D eigenvalue weighted by atomic mass is 9.98. The maximum absolute atomic E-state index is 13.0. The first-order valence-electron chi connectivity index (χ1n) is 10.4. The first kappa shape index (κ1) is 19.6. The van der Waals surface area contributed by atoms with Crippen LogP contribution in [0.4, 0.5) is 4.79 Å². The highest BCUT2D eigenvalue weighted by Crippen LogP contribution is 2.44. The van der Waals surface area contributed by atoms with Crippen molar-refractivity contribution in [3.63, 3.8) is 0 Å². The summed E-state index contributed by atoms with van der Waals surface area (Å²) in [6, 6.07) is 20.1. The topological polar surface area (TPSA) is 60.9 Å². The van der Waals surface area contributed by atoms with Crippen LogP contribution in [0.1, 0.15) is 34.3 Å². The van der Waals surface area contributed by atoms with E-state index in [0.29, 0.717) is 25.7 Å². The summed E-state index contributed by atoms with van der Waals surface area (Å²) in [6.45, 7) is 1.10. The molecule has 1 atom stereocenters. The molecule has 0 fully saturated rings. The molecule has 0 spiro atoms. The summed E-state index contributed by atoms with van der Waals surface area (Å²) < 4.78 is 16.7. The summed E-state index contributed by atoms with van der Waals surface area (Å²) in [6.07, 6.45) is -0.376. The number of nitrogens with zero attached hydrogens (tertiary/aromatic N) is 2. The first-order chi connectivity index (χ1) is 15.2. The lowest BCUT2D eigenvalue weighted by Gasteiger charge is -2.32. The van der Waals surface area contributed by atoms with Crippen LogP contribution in [0.3, 0.4) is 0 Å². The quantitative estimate of drug-likeness (QED) is 0.625. The molecule has 0 N–H and O–H groups in total. The molecule has 31 heavy (non-hydrogen) atoms. The third-order valence-electron chi connectivity index (χ3n) is 6.16. The Morgan fingerprint density at radius 2 is 1.71 bits per heavy atom. The fourth-order valence-corrected chi connectivity index (χ4v) is 4.53. The predicted molar refractivity (Wildman–Crippen MR) is 116 cm³/mol. The van der Waals surface area contributed by atoms with Gasteiger partial charge in [-0.25, -0.2) is 9.78 Å². The predicted octanol–water partition coefficient (Wildman–Crippen LogP) is 4.54. The van der Waals surface area contributed by atoms with Crippen LogP contribution in [0.2, 0.25) is 0 Å². The number of rotatable bonds is 4. The number of hydrogen-bond donors (Lipinski definition) is 0. The second kappa shape index (κ2) is 8.04. The Morgan fingerprint density at radius 3 is 2.39 bits per heavy atom. The van der Waals surface area contributed by atoms with Gasteiger partial charge in [0, 0.05) is 24.6 Å². The van der Waals surface area contributed by atoms with Gasteiger partial charge < -0.3 is 19.1 Å². The fourth-order valence-electron chi connectivity index (χ4n) is 4.53. The molecule has 0 unspecified atom stereocenters. The van der Waals surface area contributed by atoms with Crippen molar-refractivity contribution < 1.29 is 19.0 Å². The monoisotopic (exact) mass is 416 g/mol. The number of likely N-dealkylation sites (N-methyl/N-ethyl adjacent to an activating group) is 1. The molecule has 5 rings (SSSR count). The van der Waals surface area contributed by atoms with E-state index in [2.05, 4.69) is 29.2 Å². The number of ether oxygens (including phenoxy) is 3. The summed E-state index contributed by atoms with van der Waals surface area (Å²) in [5.74, 6) is 0.567. The third-order valence-corrected chi connectivity index (χ3v) is 6.16. The van der Waals surface area contributed by atoms with Gasteiger partial charge in [-0.3, -0.25) is 0 Å². The summed E-state index contributed by atoms with van der Waals surface area (Å²) >= 11 is 0. The Balaban J connectivity index is 1.33. The summed E-state index contributed by atoms with van der Waals surface area (Å²) in [5.41, 5.74) is 6.56. The maximum atomic E-state index is 13.0. The van der Waals surface area contributed by atoms with Gasteiger partial charge in [-0.1, -0.05) is 48.5 Å². The molecular formula is C25H24N2O4. The molecule has 1 aliphatic carbocycles. The van der Waals surface area contributed by atoms with Gasteiger partial charge in [-0.15, -0.1) is 0 Å². The van der Waals surface area contributed by atoms with E-state index >= 15 is 0 Å². The average molecular weight is 416 g/mol. The van der Waals surface area contributed by atoms with Gasteiger partial charge in [-0.2, -0.15) is 0 Å². The van der Waals surface area contributed by atoms with Gasteiger partial charge >= 0.3 is 6.09 Å². The molecule has 6 nitrogen and oxygen atoms in total. The molecule has 3 aromatic rings. The van der Waals surface area contributed by atoms with Crippen molar-refractivity contribution in [1.29, 1.82) is 0 Å². The number of aromatic nitrogens is 1. The normalized spacial score (nSPS) is 16.8. The number of pyridine rings is 1. The van der Waals surface area contributed by atoms with E-state index in [0.717, 1.165) is 11.3 Å². The van der Waals surface area contributed by atoms with Gasteiger partial charge in [-0.05, 0) is 28.3 Å². The highest BCUT2D eigenvalue weighted by atomic mass is 16.6. The lowest BCUT2D eigenvalue weighted by molar-refractivity contribution is 0.0301. The number of fused-ring (bicyclic) bond motifs is 4. The van der Waals surface area contributed by atoms with Crippen molar-refractivity contribution in [2.45, 2.75) is 18.6 Å². The minimum absolute atomic E-state index is 0.0329. The molecule has 158 valence electrons. The molecule has 0 saturated carbocycles. The Kier molecular flexibility index (Phi) is 5.08. The fraction of sp³-hybridized carbons (Fsp3) is 0.280. The standard InChI is InChI=1S/C25H24N2O4/c1-27(23-15-30-14-22-20(23)11-12-24(26-22)29-2)25(28)31-13-21-18-9-5-3-7-16(18)17-8-4-6-10-19(17)21/h3-12,21,23H,13-15H2,1-2H3/t23-/m1/s1. The molecular weight excluding hydrogens is 392 g/mol. The van der Waals surface area contributed by atoms with Gasteiger partial charge in [0.05, 0.1) is 32.1 Å². The van der Waals surface area contributed by atoms with Crippen LogP contribution >= 0.6 is 0 Å². The van der Waals surface area contributed by atoms with Crippen molar-refractivity contribution >= 4 is 6.09 Å². The van der Waals surface area contributed by atoms with Crippen LogP contribution in [0.5, 0.6) is 5.88 Å². The molecule has 2 aliphatic rings. The number of benzene rings is 2. The SMILES string of the molecule is COc1ccc2c(n1)COC[C@H]2N(C)C(=O)OCC1c2ccccc2-c2ccccc21. The van der Waals surface area contributed by atoms with Crippen molar-refractivity contribution in [3.05, 3.63) is 83.0 Å². The molecule has 0 radical (unpaired) electrons. The summed E-state index contributed by atoms with van der Waals surface area (Å²) in [4.78, 5) is 19.0. The zero-order valence-electron chi connectivity index (χ0n) is 17.6. The van der Waals surface area contributed by atoms with Crippen molar-refractivity contribution in [2.75, 3.05) is 27.4 Å². The highest BCUT2D eigenvalue weighted by molar-refractivity contribution is 5.79. The zero-order valence-corrected chi connectivity index (χ0v) is 17.6. The van der Waals surface area contributed by atoms with E-state index in [9.17, 15) is 4.79 Å². The van der Waals surface area contributed by atoms with Crippen LogP contribution in [0, 0.1) is 0 Å². The first-order valence-corrected chi connectivity index (χ1v) is 10.4. The van der Waals surface area contributed by atoms with Crippen LogP contribution in [0.25, 0.3) is 11.1 Å². The zero-order chi connectivity index (χ0) is 21.4. The smallest absolute Gasteiger partial charge is 0.410 e. The third kappa shape index (κ3) is 3.43. The maximum Gasteiger partial charge on any atom is 0.410 e. The average Bonchev–Trinajstić information content (AvgIpc) is 3.15. The number of hydrogen-bond acceptors (Lipinski definition) is 5. The largest absolute Gasteiger partial charge is 0.481 e.